The summed E-state index contributed by atoms with van der Waals surface area (Å²) in [6.45, 7) is 9.41. The van der Waals surface area contributed by atoms with Gasteiger partial charge in [0.1, 0.15) is 0 Å². The predicted octanol–water partition coefficient (Wildman–Crippen LogP) is 4.49. The van der Waals surface area contributed by atoms with Crippen LogP contribution in [-0.4, -0.2) is 50.3 Å². The molecular weight excluding hydrogens is 523 g/mol. The molecule has 0 bridgehead atoms. The largest absolute Gasteiger partial charge is 0.493 e. The smallest absolute Gasteiger partial charge is 0.191 e. The summed E-state index contributed by atoms with van der Waals surface area (Å²) < 4.78 is 11.1. The summed E-state index contributed by atoms with van der Waals surface area (Å²) in [5.74, 6) is 2.40. The van der Waals surface area contributed by atoms with Gasteiger partial charge in [0.2, 0.25) is 0 Å². The molecule has 2 aromatic rings. The van der Waals surface area contributed by atoms with Gasteiger partial charge in [0, 0.05) is 32.2 Å². The van der Waals surface area contributed by atoms with Crippen molar-refractivity contribution in [1.82, 2.24) is 15.5 Å². The van der Waals surface area contributed by atoms with Crippen LogP contribution in [0.15, 0.2) is 40.0 Å². The summed E-state index contributed by atoms with van der Waals surface area (Å²) in [6, 6.07) is 8.67. The van der Waals surface area contributed by atoms with Crippen LogP contribution in [0, 0.1) is 0 Å². The van der Waals surface area contributed by atoms with Gasteiger partial charge in [0.15, 0.2) is 17.5 Å². The number of guanidine groups is 1. The van der Waals surface area contributed by atoms with E-state index >= 15 is 0 Å². The molecule has 0 saturated carbocycles. The molecule has 2 N–H and O–H groups in total. The lowest BCUT2D eigenvalue weighted by atomic mass is 10.0. The average molecular weight is 559 g/mol. The topological polar surface area (TPSA) is 58.1 Å². The summed E-state index contributed by atoms with van der Waals surface area (Å²) >= 11 is 1.77. The summed E-state index contributed by atoms with van der Waals surface area (Å²) in [5.41, 5.74) is 2.52. The van der Waals surface area contributed by atoms with E-state index in [-0.39, 0.29) is 24.0 Å². The van der Waals surface area contributed by atoms with E-state index in [2.05, 4.69) is 39.3 Å². The zero-order valence-corrected chi connectivity index (χ0v) is 21.9. The van der Waals surface area contributed by atoms with Crippen LogP contribution in [0.3, 0.4) is 0 Å². The molecule has 8 heteroatoms. The Kier molecular flexibility index (Phi) is 11.5. The molecule has 0 spiro atoms. The molecule has 1 fully saturated rings. The number of nitrogens with zero attached hydrogens (tertiary/aromatic N) is 2. The van der Waals surface area contributed by atoms with E-state index < -0.39 is 0 Å². The molecule has 0 aliphatic carbocycles. The van der Waals surface area contributed by atoms with Gasteiger partial charge in [-0.25, -0.2) is 4.99 Å². The SMILES string of the molecule is CCNC(=NCc1ccc(OC)c(OCC)c1)NC1CCN(Cc2ccsc2)CC1.I. The van der Waals surface area contributed by atoms with Gasteiger partial charge in [-0.05, 0) is 66.8 Å². The standard InChI is InChI=1S/C23H34N4O2S.HI/c1-4-24-23(25-15-18-6-7-21(28-3)22(14-18)29-5-2)26-20-8-11-27(12-9-20)16-19-10-13-30-17-19;/h6-7,10,13-14,17,20H,4-5,8-9,11-12,15-16H2,1-3H3,(H2,24,25,26);1H. The molecule has 1 saturated heterocycles. The van der Waals surface area contributed by atoms with Gasteiger partial charge in [-0.15, -0.1) is 24.0 Å². The van der Waals surface area contributed by atoms with Crippen molar-refractivity contribution >= 4 is 41.3 Å². The highest BCUT2D eigenvalue weighted by molar-refractivity contribution is 14.0. The molecular formula is C23H35IN4O2S. The minimum atomic E-state index is 0. The van der Waals surface area contributed by atoms with Crippen LogP contribution in [0.2, 0.25) is 0 Å². The zero-order valence-electron chi connectivity index (χ0n) is 18.7. The Hall–Kier alpha value is -1.52. The number of halogens is 1. The number of methoxy groups -OCH3 is 1. The number of thiophene rings is 1. The quantitative estimate of drug-likeness (QED) is 0.270. The number of rotatable bonds is 9. The van der Waals surface area contributed by atoms with Gasteiger partial charge in [0.05, 0.1) is 20.3 Å². The summed E-state index contributed by atoms with van der Waals surface area (Å²) in [4.78, 5) is 7.34. The van der Waals surface area contributed by atoms with Crippen LogP contribution in [0.5, 0.6) is 11.5 Å². The van der Waals surface area contributed by atoms with Gasteiger partial charge in [-0.2, -0.15) is 11.3 Å². The van der Waals surface area contributed by atoms with Gasteiger partial charge in [-0.1, -0.05) is 6.07 Å². The van der Waals surface area contributed by atoms with E-state index in [1.54, 1.807) is 18.4 Å². The Labute approximate surface area is 207 Å². The number of nitrogens with one attached hydrogen (secondary N) is 2. The molecule has 6 nitrogen and oxygen atoms in total. The minimum absolute atomic E-state index is 0. The third kappa shape index (κ3) is 8.16. The van der Waals surface area contributed by atoms with Crippen molar-refractivity contribution in [1.29, 1.82) is 0 Å². The van der Waals surface area contributed by atoms with Crippen molar-refractivity contribution in [2.24, 2.45) is 4.99 Å². The summed E-state index contributed by atoms with van der Waals surface area (Å²) in [5, 5.41) is 11.4. The normalized spacial score (nSPS) is 15.3. The van der Waals surface area contributed by atoms with E-state index in [4.69, 9.17) is 14.5 Å². The highest BCUT2D eigenvalue weighted by atomic mass is 127. The molecule has 3 rings (SSSR count). The summed E-state index contributed by atoms with van der Waals surface area (Å²) in [6.07, 6.45) is 2.26. The lowest BCUT2D eigenvalue weighted by molar-refractivity contribution is 0.198. The van der Waals surface area contributed by atoms with Crippen molar-refractivity contribution in [3.63, 3.8) is 0 Å². The Morgan fingerprint density at radius 1 is 1.16 bits per heavy atom. The molecule has 0 radical (unpaired) electrons. The second-order valence-electron chi connectivity index (χ2n) is 7.44. The van der Waals surface area contributed by atoms with Crippen molar-refractivity contribution in [2.45, 2.75) is 45.8 Å². The van der Waals surface area contributed by atoms with E-state index in [1.165, 1.54) is 5.56 Å². The molecule has 2 heterocycles. The average Bonchev–Trinajstić information content (AvgIpc) is 3.27. The van der Waals surface area contributed by atoms with Crippen molar-refractivity contribution in [3.8, 4) is 11.5 Å². The van der Waals surface area contributed by atoms with Gasteiger partial charge < -0.3 is 20.1 Å². The maximum Gasteiger partial charge on any atom is 0.191 e. The first-order chi connectivity index (χ1) is 14.7. The van der Waals surface area contributed by atoms with Crippen LogP contribution < -0.4 is 20.1 Å². The maximum absolute atomic E-state index is 5.68. The van der Waals surface area contributed by atoms with Gasteiger partial charge in [-0.3, -0.25) is 4.90 Å². The van der Waals surface area contributed by atoms with Gasteiger partial charge in [0.25, 0.3) is 0 Å². The molecule has 0 unspecified atom stereocenters. The highest BCUT2D eigenvalue weighted by Gasteiger charge is 2.20. The number of aliphatic imine (C=N–C) groups is 1. The van der Waals surface area contributed by atoms with Crippen LogP contribution in [0.25, 0.3) is 0 Å². The minimum Gasteiger partial charge on any atom is -0.493 e. The highest BCUT2D eigenvalue weighted by Crippen LogP contribution is 2.28. The van der Waals surface area contributed by atoms with Gasteiger partial charge >= 0.3 is 0 Å². The van der Waals surface area contributed by atoms with Crippen LogP contribution in [0.4, 0.5) is 0 Å². The Morgan fingerprint density at radius 2 is 1.97 bits per heavy atom. The first-order valence-corrected chi connectivity index (χ1v) is 11.7. The number of hydrogen-bond donors (Lipinski definition) is 2. The zero-order chi connectivity index (χ0) is 21.2. The van der Waals surface area contributed by atoms with E-state index in [0.717, 1.165) is 62.0 Å². The number of piperidine rings is 1. The fourth-order valence-electron chi connectivity index (χ4n) is 3.65. The molecule has 1 aliphatic heterocycles. The molecule has 0 amide bonds. The second-order valence-corrected chi connectivity index (χ2v) is 8.22. The monoisotopic (exact) mass is 558 g/mol. The molecule has 1 aromatic carbocycles. The number of likely N-dealkylation sites (tertiary alicyclic amines) is 1. The molecule has 172 valence electrons. The van der Waals surface area contributed by atoms with E-state index in [0.29, 0.717) is 19.2 Å². The number of hydrogen-bond acceptors (Lipinski definition) is 5. The second kappa shape index (κ2) is 13.8. The third-order valence-corrected chi connectivity index (χ3v) is 5.94. The van der Waals surface area contributed by atoms with Crippen molar-refractivity contribution in [2.75, 3.05) is 33.4 Å². The van der Waals surface area contributed by atoms with Crippen LogP contribution >= 0.6 is 35.3 Å². The van der Waals surface area contributed by atoms with Crippen molar-refractivity contribution < 1.29 is 9.47 Å². The molecule has 1 aliphatic rings. The van der Waals surface area contributed by atoms with Crippen LogP contribution in [-0.2, 0) is 13.1 Å². The number of ether oxygens (including phenoxy) is 2. The Balaban J connectivity index is 0.00000341. The lowest BCUT2D eigenvalue weighted by Gasteiger charge is -2.33. The fourth-order valence-corrected chi connectivity index (χ4v) is 4.31. The Bertz CT molecular complexity index is 793. The van der Waals surface area contributed by atoms with E-state index in [1.807, 2.05) is 25.1 Å². The third-order valence-electron chi connectivity index (χ3n) is 5.21. The summed E-state index contributed by atoms with van der Waals surface area (Å²) in [7, 11) is 1.66. The maximum atomic E-state index is 5.68. The van der Waals surface area contributed by atoms with E-state index in [9.17, 15) is 0 Å². The molecule has 31 heavy (non-hydrogen) atoms. The fraction of sp³-hybridized carbons (Fsp3) is 0.522. The molecule has 0 atom stereocenters. The number of benzene rings is 1. The molecule has 1 aromatic heterocycles. The van der Waals surface area contributed by atoms with Crippen LogP contribution in [0.1, 0.15) is 37.8 Å². The first-order valence-electron chi connectivity index (χ1n) is 10.8. The predicted molar refractivity (Wildman–Crippen MR) is 140 cm³/mol. The lowest BCUT2D eigenvalue weighted by Crippen LogP contribution is -2.48. The van der Waals surface area contributed by atoms with Crippen molar-refractivity contribution in [3.05, 3.63) is 46.2 Å². The Morgan fingerprint density at radius 3 is 2.61 bits per heavy atom. The first kappa shape index (κ1) is 25.7.